The van der Waals surface area contributed by atoms with Crippen molar-refractivity contribution in [2.24, 2.45) is 5.92 Å². The van der Waals surface area contributed by atoms with Gasteiger partial charge in [0.2, 0.25) is 5.91 Å². The molecule has 1 aliphatic heterocycles. The number of rotatable bonds is 4. The summed E-state index contributed by atoms with van der Waals surface area (Å²) in [6.07, 6.45) is 2.20. The second kappa shape index (κ2) is 6.92. The Morgan fingerprint density at radius 2 is 2.25 bits per heavy atom. The number of carbonyl (C=O) groups excluding carboxylic acids is 1. The molecule has 2 unspecified atom stereocenters. The van der Waals surface area contributed by atoms with E-state index < -0.39 is 0 Å². The minimum Gasteiger partial charge on any atom is -0.479 e. The van der Waals surface area contributed by atoms with Crippen molar-refractivity contribution in [3.63, 3.8) is 0 Å². The number of hydrogen-bond donors (Lipinski definition) is 2. The lowest BCUT2D eigenvalue weighted by atomic mass is 9.92. The van der Waals surface area contributed by atoms with Crippen molar-refractivity contribution in [3.8, 4) is 11.8 Å². The third-order valence-electron chi connectivity index (χ3n) is 3.48. The van der Waals surface area contributed by atoms with Crippen LogP contribution in [0, 0.1) is 17.2 Å². The number of nitrogens with zero attached hydrogens (tertiary/aromatic N) is 1. The number of hydrogen-bond acceptors (Lipinski definition) is 4. The lowest BCUT2D eigenvalue weighted by Crippen LogP contribution is -2.48. The molecule has 1 fully saturated rings. The number of carbonyl (C=O) groups is 1. The van der Waals surface area contributed by atoms with Crippen LogP contribution >= 0.6 is 0 Å². The second-order valence-electron chi connectivity index (χ2n) is 5.01. The van der Waals surface area contributed by atoms with Gasteiger partial charge in [-0.15, -0.1) is 0 Å². The van der Waals surface area contributed by atoms with Crippen LogP contribution in [-0.4, -0.2) is 25.1 Å². The van der Waals surface area contributed by atoms with Gasteiger partial charge in [-0.05, 0) is 49.6 Å². The summed E-state index contributed by atoms with van der Waals surface area (Å²) in [6.45, 7) is 3.01. The highest BCUT2D eigenvalue weighted by atomic mass is 16.5. The maximum Gasteiger partial charge on any atom is 0.241 e. The van der Waals surface area contributed by atoms with Gasteiger partial charge in [0.25, 0.3) is 0 Å². The number of nitrogens with one attached hydrogen (secondary N) is 2. The SMILES string of the molecule is CC1CCCNC1C(=O)Nc1ccc(OCC#N)cc1. The Bertz CT molecular complexity index is 493. The Labute approximate surface area is 118 Å². The fraction of sp³-hybridized carbons (Fsp3) is 0.467. The van der Waals surface area contributed by atoms with Crippen molar-refractivity contribution >= 4 is 11.6 Å². The number of nitriles is 1. The first-order valence-corrected chi connectivity index (χ1v) is 6.85. The maximum atomic E-state index is 12.2. The molecule has 1 saturated heterocycles. The minimum absolute atomic E-state index is 0.00268. The van der Waals surface area contributed by atoms with Crippen LogP contribution in [0.3, 0.4) is 0 Å². The average Bonchev–Trinajstić information content (AvgIpc) is 2.47. The molecule has 2 rings (SSSR count). The number of piperidine rings is 1. The molecule has 0 spiro atoms. The highest BCUT2D eigenvalue weighted by molar-refractivity contribution is 5.95. The van der Waals surface area contributed by atoms with Gasteiger partial charge in [0.05, 0.1) is 6.04 Å². The topological polar surface area (TPSA) is 74.2 Å². The summed E-state index contributed by atoms with van der Waals surface area (Å²) in [6, 6.07) is 8.82. The predicted molar refractivity (Wildman–Crippen MR) is 76.4 cm³/mol. The summed E-state index contributed by atoms with van der Waals surface area (Å²) in [5, 5.41) is 14.6. The summed E-state index contributed by atoms with van der Waals surface area (Å²) in [5.74, 6) is 0.971. The van der Waals surface area contributed by atoms with E-state index in [9.17, 15) is 4.79 Å². The first kappa shape index (κ1) is 14.4. The van der Waals surface area contributed by atoms with Crippen LogP contribution in [0.5, 0.6) is 5.75 Å². The van der Waals surface area contributed by atoms with E-state index in [1.54, 1.807) is 24.3 Å². The highest BCUT2D eigenvalue weighted by Gasteiger charge is 2.27. The molecule has 1 amide bonds. The zero-order chi connectivity index (χ0) is 14.4. The minimum atomic E-state index is -0.127. The Morgan fingerprint density at radius 1 is 1.50 bits per heavy atom. The van der Waals surface area contributed by atoms with Crippen LogP contribution in [0.25, 0.3) is 0 Å². The van der Waals surface area contributed by atoms with Gasteiger partial charge in [-0.25, -0.2) is 0 Å². The normalized spacial score (nSPS) is 21.8. The van der Waals surface area contributed by atoms with E-state index in [1.165, 1.54) is 0 Å². The molecule has 0 aliphatic carbocycles. The lowest BCUT2D eigenvalue weighted by molar-refractivity contribution is -0.119. The van der Waals surface area contributed by atoms with Crippen LogP contribution in [0.1, 0.15) is 19.8 Å². The summed E-state index contributed by atoms with van der Waals surface area (Å²) >= 11 is 0. The largest absolute Gasteiger partial charge is 0.479 e. The molecule has 0 bridgehead atoms. The highest BCUT2D eigenvalue weighted by Crippen LogP contribution is 2.19. The molecule has 2 N–H and O–H groups in total. The predicted octanol–water partition coefficient (Wildman–Crippen LogP) is 1.92. The van der Waals surface area contributed by atoms with E-state index >= 15 is 0 Å². The average molecular weight is 273 g/mol. The summed E-state index contributed by atoms with van der Waals surface area (Å²) in [5.41, 5.74) is 0.735. The van der Waals surface area contributed by atoms with Crippen molar-refractivity contribution in [1.82, 2.24) is 5.32 Å². The van der Waals surface area contributed by atoms with E-state index in [0.29, 0.717) is 11.7 Å². The molecule has 106 valence electrons. The zero-order valence-corrected chi connectivity index (χ0v) is 11.6. The second-order valence-corrected chi connectivity index (χ2v) is 5.01. The van der Waals surface area contributed by atoms with Crippen molar-refractivity contribution in [1.29, 1.82) is 5.26 Å². The molecule has 1 aromatic rings. The smallest absolute Gasteiger partial charge is 0.241 e. The van der Waals surface area contributed by atoms with Gasteiger partial charge in [0.1, 0.15) is 11.8 Å². The first-order chi connectivity index (χ1) is 9.70. The molecule has 5 heteroatoms. The fourth-order valence-electron chi connectivity index (χ4n) is 2.37. The molecule has 2 atom stereocenters. The van der Waals surface area contributed by atoms with Gasteiger partial charge in [0, 0.05) is 5.69 Å². The standard InChI is InChI=1S/C15H19N3O2/c1-11-3-2-9-17-14(11)15(19)18-12-4-6-13(7-5-12)20-10-8-16/h4-7,11,14,17H,2-3,9-10H2,1H3,(H,18,19). The van der Waals surface area contributed by atoms with Crippen LogP contribution in [0.15, 0.2) is 24.3 Å². The number of anilines is 1. The zero-order valence-electron chi connectivity index (χ0n) is 11.6. The number of benzene rings is 1. The van der Waals surface area contributed by atoms with E-state index in [-0.39, 0.29) is 18.6 Å². The molecular formula is C15H19N3O2. The molecule has 1 aromatic carbocycles. The number of ether oxygens (including phenoxy) is 1. The third-order valence-corrected chi connectivity index (χ3v) is 3.48. The molecule has 0 saturated carbocycles. The van der Waals surface area contributed by atoms with Gasteiger partial charge in [0.15, 0.2) is 6.61 Å². The van der Waals surface area contributed by atoms with Gasteiger partial charge < -0.3 is 15.4 Å². The van der Waals surface area contributed by atoms with Crippen molar-refractivity contribution < 1.29 is 9.53 Å². The van der Waals surface area contributed by atoms with E-state index in [2.05, 4.69) is 17.6 Å². The van der Waals surface area contributed by atoms with Crippen molar-refractivity contribution in [2.45, 2.75) is 25.8 Å². The molecule has 5 nitrogen and oxygen atoms in total. The van der Waals surface area contributed by atoms with Crippen LogP contribution < -0.4 is 15.4 Å². The van der Waals surface area contributed by atoms with Crippen molar-refractivity contribution in [2.75, 3.05) is 18.5 Å². The summed E-state index contributed by atoms with van der Waals surface area (Å²) in [4.78, 5) is 12.2. The van der Waals surface area contributed by atoms with Gasteiger partial charge in [-0.3, -0.25) is 4.79 Å². The molecule has 1 heterocycles. The van der Waals surface area contributed by atoms with Crippen LogP contribution in [0.2, 0.25) is 0 Å². The first-order valence-electron chi connectivity index (χ1n) is 6.85. The Kier molecular flexibility index (Phi) is 4.97. The molecule has 0 radical (unpaired) electrons. The molecule has 1 aliphatic rings. The molecular weight excluding hydrogens is 254 g/mol. The van der Waals surface area contributed by atoms with Gasteiger partial charge >= 0.3 is 0 Å². The Hall–Kier alpha value is -2.06. The monoisotopic (exact) mass is 273 g/mol. The van der Waals surface area contributed by atoms with Crippen molar-refractivity contribution in [3.05, 3.63) is 24.3 Å². The molecule has 0 aromatic heterocycles. The maximum absolute atomic E-state index is 12.2. The van der Waals surface area contributed by atoms with E-state index in [4.69, 9.17) is 10.00 Å². The quantitative estimate of drug-likeness (QED) is 0.879. The third kappa shape index (κ3) is 3.72. The summed E-state index contributed by atoms with van der Waals surface area (Å²) < 4.78 is 5.16. The Morgan fingerprint density at radius 3 is 2.90 bits per heavy atom. The van der Waals surface area contributed by atoms with E-state index in [0.717, 1.165) is 25.1 Å². The van der Waals surface area contributed by atoms with Crippen LogP contribution in [-0.2, 0) is 4.79 Å². The van der Waals surface area contributed by atoms with E-state index in [1.807, 2.05) is 6.07 Å². The Balaban J connectivity index is 1.92. The lowest BCUT2D eigenvalue weighted by Gasteiger charge is -2.28. The summed E-state index contributed by atoms with van der Waals surface area (Å²) in [7, 11) is 0. The van der Waals surface area contributed by atoms with Crippen LogP contribution in [0.4, 0.5) is 5.69 Å². The van der Waals surface area contributed by atoms with Gasteiger partial charge in [-0.2, -0.15) is 5.26 Å². The number of amides is 1. The fourth-order valence-corrected chi connectivity index (χ4v) is 2.37. The van der Waals surface area contributed by atoms with Gasteiger partial charge in [-0.1, -0.05) is 6.92 Å². The molecule has 20 heavy (non-hydrogen) atoms.